The lowest BCUT2D eigenvalue weighted by Gasteiger charge is -2.13. The molecule has 0 fully saturated rings. The maximum Gasteiger partial charge on any atom is -0.0105 e. The molecule has 0 unspecified atom stereocenters. The number of rotatable bonds is 3. The summed E-state index contributed by atoms with van der Waals surface area (Å²) in [5.74, 6) is 0. The third kappa shape index (κ3) is 4.31. The van der Waals surface area contributed by atoms with E-state index in [0.29, 0.717) is 0 Å². The predicted octanol–water partition coefficient (Wildman–Crippen LogP) is 13.6. The Morgan fingerprint density at radius 1 is 0.188 bits per heavy atom. The molecule has 0 radical (unpaired) electrons. The van der Waals surface area contributed by atoms with Crippen LogP contribution in [0.5, 0.6) is 0 Å². The van der Waals surface area contributed by atoms with E-state index in [1.165, 1.54) is 98.0 Å². The Morgan fingerprint density at radius 3 is 1.02 bits per heavy atom. The summed E-state index contributed by atoms with van der Waals surface area (Å²) in [6.45, 7) is 0. The van der Waals surface area contributed by atoms with Crippen LogP contribution in [0.25, 0.3) is 98.0 Å². The highest BCUT2D eigenvalue weighted by atomic mass is 14.1. The van der Waals surface area contributed by atoms with Crippen molar-refractivity contribution in [3.05, 3.63) is 182 Å². The standard InChI is InChI=1S/C48H30/c1-3-11-41-31(7-1)15-17-37-29-39(21-25-47(37)41)43-13-5-9-35-27-33(19-23-45(35)43)34-20-24-46-36(28-34)10-6-14-44(46)40-22-26-48-38(30-40)18-16-32-8-2-4-12-42(32)48/h1-30H. The van der Waals surface area contributed by atoms with E-state index in [1.807, 2.05) is 0 Å². The molecule has 0 heteroatoms. The molecule has 0 nitrogen and oxygen atoms in total. The normalized spacial score (nSPS) is 11.8. The zero-order valence-electron chi connectivity index (χ0n) is 26.3. The largest absolute Gasteiger partial charge is 0.0616 e. The Balaban J connectivity index is 1.03. The van der Waals surface area contributed by atoms with E-state index < -0.39 is 0 Å². The molecular formula is C48H30. The summed E-state index contributed by atoms with van der Waals surface area (Å²) < 4.78 is 0. The SMILES string of the molecule is c1cc(-c2ccc3c(ccc4ccccc43)c2)c2ccc(-c3ccc4c(-c5ccc6c(ccc7ccccc76)c5)cccc4c3)cc2c1. The highest BCUT2D eigenvalue weighted by Gasteiger charge is 2.11. The van der Waals surface area contributed by atoms with Crippen molar-refractivity contribution < 1.29 is 0 Å². The zero-order chi connectivity index (χ0) is 31.6. The van der Waals surface area contributed by atoms with Crippen molar-refractivity contribution in [1.82, 2.24) is 0 Å². The van der Waals surface area contributed by atoms with Gasteiger partial charge in [0.25, 0.3) is 0 Å². The Kier molecular flexibility index (Phi) is 5.98. The lowest BCUT2D eigenvalue weighted by molar-refractivity contribution is 1.65. The van der Waals surface area contributed by atoms with Crippen molar-refractivity contribution in [2.24, 2.45) is 0 Å². The highest BCUT2D eigenvalue weighted by molar-refractivity contribution is 6.11. The lowest BCUT2D eigenvalue weighted by Crippen LogP contribution is -1.86. The molecule has 10 aromatic carbocycles. The average Bonchev–Trinajstić information content (AvgIpc) is 3.16. The second-order valence-corrected chi connectivity index (χ2v) is 12.9. The van der Waals surface area contributed by atoms with E-state index in [4.69, 9.17) is 0 Å². The fourth-order valence-electron chi connectivity index (χ4n) is 7.79. The van der Waals surface area contributed by atoms with Gasteiger partial charge in [-0.05, 0) is 122 Å². The Bertz CT molecular complexity index is 2690. The van der Waals surface area contributed by atoms with E-state index in [1.54, 1.807) is 0 Å². The molecule has 0 bridgehead atoms. The minimum atomic E-state index is 1.23. The van der Waals surface area contributed by atoms with E-state index in [-0.39, 0.29) is 0 Å². The summed E-state index contributed by atoms with van der Waals surface area (Å²) in [5.41, 5.74) is 7.48. The molecule has 10 aromatic rings. The quantitative estimate of drug-likeness (QED) is 0.176. The third-order valence-corrected chi connectivity index (χ3v) is 10.2. The maximum atomic E-state index is 2.34. The predicted molar refractivity (Wildman–Crippen MR) is 208 cm³/mol. The van der Waals surface area contributed by atoms with Crippen molar-refractivity contribution in [2.75, 3.05) is 0 Å². The zero-order valence-corrected chi connectivity index (χ0v) is 26.3. The van der Waals surface area contributed by atoms with Gasteiger partial charge in [0, 0.05) is 0 Å². The van der Waals surface area contributed by atoms with Crippen molar-refractivity contribution in [3.8, 4) is 33.4 Å². The molecule has 10 rings (SSSR count). The number of hydrogen-bond acceptors (Lipinski definition) is 0. The van der Waals surface area contributed by atoms with Crippen LogP contribution in [0.15, 0.2) is 182 Å². The molecule has 222 valence electrons. The summed E-state index contributed by atoms with van der Waals surface area (Å²) in [6.07, 6.45) is 0. The fraction of sp³-hybridized carbons (Fsp3) is 0. The minimum Gasteiger partial charge on any atom is -0.0616 e. The first-order chi connectivity index (χ1) is 23.8. The smallest absolute Gasteiger partial charge is 0.0105 e. The van der Waals surface area contributed by atoms with Crippen LogP contribution < -0.4 is 0 Å². The Hall–Kier alpha value is -6.24. The number of hydrogen-bond donors (Lipinski definition) is 0. The van der Waals surface area contributed by atoms with Gasteiger partial charge in [0.2, 0.25) is 0 Å². The molecule has 0 aliphatic rings. The third-order valence-electron chi connectivity index (χ3n) is 10.2. The summed E-state index contributed by atoms with van der Waals surface area (Å²) in [5, 5.41) is 15.4. The number of benzene rings is 10. The molecule has 0 spiro atoms. The van der Waals surface area contributed by atoms with Gasteiger partial charge in [0.15, 0.2) is 0 Å². The second kappa shape index (κ2) is 10.7. The van der Waals surface area contributed by atoms with Crippen molar-refractivity contribution >= 4 is 64.6 Å². The van der Waals surface area contributed by atoms with Crippen molar-refractivity contribution in [2.45, 2.75) is 0 Å². The monoisotopic (exact) mass is 606 g/mol. The van der Waals surface area contributed by atoms with Crippen LogP contribution >= 0.6 is 0 Å². The highest BCUT2D eigenvalue weighted by Crippen LogP contribution is 2.37. The van der Waals surface area contributed by atoms with E-state index >= 15 is 0 Å². The molecule has 0 aliphatic carbocycles. The van der Waals surface area contributed by atoms with Gasteiger partial charge in [-0.1, -0.05) is 158 Å². The van der Waals surface area contributed by atoms with E-state index in [9.17, 15) is 0 Å². The summed E-state index contributed by atoms with van der Waals surface area (Å²) in [6, 6.07) is 67.2. The van der Waals surface area contributed by atoms with Crippen LogP contribution in [0.1, 0.15) is 0 Å². The maximum absolute atomic E-state index is 2.34. The summed E-state index contributed by atoms with van der Waals surface area (Å²) in [7, 11) is 0. The molecule has 0 saturated carbocycles. The van der Waals surface area contributed by atoms with Crippen LogP contribution in [0, 0.1) is 0 Å². The van der Waals surface area contributed by atoms with Gasteiger partial charge in [-0.3, -0.25) is 0 Å². The van der Waals surface area contributed by atoms with Gasteiger partial charge in [0.1, 0.15) is 0 Å². The van der Waals surface area contributed by atoms with Gasteiger partial charge in [0.05, 0.1) is 0 Å². The molecule has 48 heavy (non-hydrogen) atoms. The summed E-state index contributed by atoms with van der Waals surface area (Å²) >= 11 is 0. The molecule has 0 heterocycles. The van der Waals surface area contributed by atoms with E-state index in [2.05, 4.69) is 182 Å². The molecule has 0 N–H and O–H groups in total. The van der Waals surface area contributed by atoms with Gasteiger partial charge in [-0.2, -0.15) is 0 Å². The first-order valence-corrected chi connectivity index (χ1v) is 16.7. The molecule has 0 saturated heterocycles. The van der Waals surface area contributed by atoms with Crippen molar-refractivity contribution in [1.29, 1.82) is 0 Å². The van der Waals surface area contributed by atoms with Crippen LogP contribution in [0.4, 0.5) is 0 Å². The van der Waals surface area contributed by atoms with Crippen molar-refractivity contribution in [3.63, 3.8) is 0 Å². The number of fused-ring (bicyclic) bond motifs is 8. The average molecular weight is 607 g/mol. The molecule has 0 amide bonds. The lowest BCUT2D eigenvalue weighted by atomic mass is 9.91. The second-order valence-electron chi connectivity index (χ2n) is 12.9. The molecular weight excluding hydrogens is 577 g/mol. The van der Waals surface area contributed by atoms with Gasteiger partial charge >= 0.3 is 0 Å². The Morgan fingerprint density at radius 2 is 0.521 bits per heavy atom. The Labute approximate surface area is 279 Å². The topological polar surface area (TPSA) is 0 Å². The van der Waals surface area contributed by atoms with Crippen LogP contribution in [0.3, 0.4) is 0 Å². The first-order valence-electron chi connectivity index (χ1n) is 16.7. The molecule has 0 atom stereocenters. The van der Waals surface area contributed by atoms with Crippen LogP contribution in [-0.4, -0.2) is 0 Å². The first kappa shape index (κ1) is 26.9. The molecule has 0 aromatic heterocycles. The summed E-state index contributed by atoms with van der Waals surface area (Å²) in [4.78, 5) is 0. The molecule has 0 aliphatic heterocycles. The van der Waals surface area contributed by atoms with Crippen LogP contribution in [-0.2, 0) is 0 Å². The van der Waals surface area contributed by atoms with Gasteiger partial charge in [-0.15, -0.1) is 0 Å². The van der Waals surface area contributed by atoms with Crippen LogP contribution in [0.2, 0.25) is 0 Å². The minimum absolute atomic E-state index is 1.23. The van der Waals surface area contributed by atoms with Gasteiger partial charge < -0.3 is 0 Å². The fourth-order valence-corrected chi connectivity index (χ4v) is 7.79. The van der Waals surface area contributed by atoms with E-state index in [0.717, 1.165) is 0 Å². The van der Waals surface area contributed by atoms with Gasteiger partial charge in [-0.25, -0.2) is 0 Å².